The minimum Gasteiger partial charge on any atom is -0.313 e. The molecule has 0 bridgehead atoms. The number of hydrogen-bond acceptors (Lipinski definition) is 1. The third kappa shape index (κ3) is 2.47. The first-order valence-electron chi connectivity index (χ1n) is 5.89. The first kappa shape index (κ1) is 11.2. The Morgan fingerprint density at radius 1 is 0.933 bits per heavy atom. The van der Waals surface area contributed by atoms with Crippen LogP contribution in [0.2, 0.25) is 0 Å². The lowest BCUT2D eigenvalue weighted by atomic mass is 9.81. The van der Waals surface area contributed by atoms with Crippen molar-refractivity contribution in [3.8, 4) is 0 Å². The van der Waals surface area contributed by atoms with Crippen LogP contribution in [-0.2, 0) is 0 Å². The molecule has 0 spiro atoms. The van der Waals surface area contributed by atoms with Gasteiger partial charge in [0.05, 0.1) is 5.92 Å². The van der Waals surface area contributed by atoms with Crippen LogP contribution >= 0.6 is 0 Å². The SMILES string of the molecule is FC(F)(F)C1CCCNC1C1CCCC1. The van der Waals surface area contributed by atoms with Crippen molar-refractivity contribution in [3.05, 3.63) is 0 Å². The summed E-state index contributed by atoms with van der Waals surface area (Å²) in [6.07, 6.45) is 1.13. The van der Waals surface area contributed by atoms with E-state index in [2.05, 4.69) is 5.32 Å². The lowest BCUT2D eigenvalue weighted by Gasteiger charge is -2.37. The third-order valence-electron chi connectivity index (χ3n) is 3.83. The number of rotatable bonds is 1. The minimum absolute atomic E-state index is 0.261. The molecule has 0 radical (unpaired) electrons. The van der Waals surface area contributed by atoms with Gasteiger partial charge in [-0.3, -0.25) is 0 Å². The summed E-state index contributed by atoms with van der Waals surface area (Å²) >= 11 is 0. The number of halogens is 3. The average molecular weight is 221 g/mol. The van der Waals surface area contributed by atoms with E-state index in [0.717, 1.165) is 32.2 Å². The van der Waals surface area contributed by atoms with Crippen LogP contribution in [0, 0.1) is 11.8 Å². The van der Waals surface area contributed by atoms with Gasteiger partial charge in [0.15, 0.2) is 0 Å². The van der Waals surface area contributed by atoms with Gasteiger partial charge in [0.1, 0.15) is 0 Å². The van der Waals surface area contributed by atoms with E-state index in [-0.39, 0.29) is 12.0 Å². The molecule has 1 saturated carbocycles. The molecule has 1 heterocycles. The average Bonchev–Trinajstić information content (AvgIpc) is 2.69. The van der Waals surface area contributed by atoms with Crippen molar-refractivity contribution >= 4 is 0 Å². The molecule has 2 fully saturated rings. The van der Waals surface area contributed by atoms with Crippen molar-refractivity contribution in [2.45, 2.75) is 50.7 Å². The Morgan fingerprint density at radius 2 is 1.60 bits per heavy atom. The lowest BCUT2D eigenvalue weighted by Crippen LogP contribution is -2.51. The number of nitrogens with one attached hydrogen (secondary N) is 1. The molecule has 1 N–H and O–H groups in total. The summed E-state index contributed by atoms with van der Waals surface area (Å²) in [6, 6.07) is -0.304. The van der Waals surface area contributed by atoms with E-state index in [0.29, 0.717) is 12.8 Å². The lowest BCUT2D eigenvalue weighted by molar-refractivity contribution is -0.192. The first-order valence-corrected chi connectivity index (χ1v) is 5.89. The second-order valence-electron chi connectivity index (χ2n) is 4.81. The van der Waals surface area contributed by atoms with Crippen LogP contribution in [0.4, 0.5) is 13.2 Å². The van der Waals surface area contributed by atoms with Crippen LogP contribution in [0.1, 0.15) is 38.5 Å². The molecule has 2 aliphatic rings. The second-order valence-corrected chi connectivity index (χ2v) is 4.81. The Kier molecular flexibility index (Phi) is 3.24. The molecule has 0 aromatic carbocycles. The van der Waals surface area contributed by atoms with Crippen LogP contribution in [0.5, 0.6) is 0 Å². The van der Waals surface area contributed by atoms with Crippen molar-refractivity contribution in [2.24, 2.45) is 11.8 Å². The molecule has 2 unspecified atom stereocenters. The molecule has 15 heavy (non-hydrogen) atoms. The predicted octanol–water partition coefficient (Wildman–Crippen LogP) is 3.11. The highest BCUT2D eigenvalue weighted by Gasteiger charge is 2.48. The third-order valence-corrected chi connectivity index (χ3v) is 3.83. The molecule has 4 heteroatoms. The number of hydrogen-bond donors (Lipinski definition) is 1. The van der Waals surface area contributed by atoms with Gasteiger partial charge in [0.25, 0.3) is 0 Å². The van der Waals surface area contributed by atoms with Crippen molar-refractivity contribution in [1.82, 2.24) is 5.32 Å². The molecular weight excluding hydrogens is 203 g/mol. The molecule has 1 saturated heterocycles. The molecule has 1 aliphatic heterocycles. The molecule has 0 aromatic heterocycles. The van der Waals surface area contributed by atoms with E-state index in [4.69, 9.17) is 0 Å². The Balaban J connectivity index is 2.05. The van der Waals surface area contributed by atoms with Crippen LogP contribution in [0.25, 0.3) is 0 Å². The maximum absolute atomic E-state index is 12.8. The van der Waals surface area contributed by atoms with Gasteiger partial charge < -0.3 is 5.32 Å². The van der Waals surface area contributed by atoms with Crippen molar-refractivity contribution in [2.75, 3.05) is 6.54 Å². The molecule has 2 atom stereocenters. The van der Waals surface area contributed by atoms with Crippen LogP contribution < -0.4 is 5.32 Å². The van der Waals surface area contributed by atoms with Gasteiger partial charge in [0.2, 0.25) is 0 Å². The summed E-state index contributed by atoms with van der Waals surface area (Å²) in [5.74, 6) is -0.841. The highest BCUT2D eigenvalue weighted by Crippen LogP contribution is 2.41. The first-order chi connectivity index (χ1) is 7.09. The zero-order valence-corrected chi connectivity index (χ0v) is 8.82. The second kappa shape index (κ2) is 4.32. The van der Waals surface area contributed by atoms with Crippen LogP contribution in [0.3, 0.4) is 0 Å². The fraction of sp³-hybridized carbons (Fsp3) is 1.00. The molecule has 2 rings (SSSR count). The molecule has 0 amide bonds. The van der Waals surface area contributed by atoms with Crippen LogP contribution in [-0.4, -0.2) is 18.8 Å². The van der Waals surface area contributed by atoms with Gasteiger partial charge >= 0.3 is 6.18 Å². The summed E-state index contributed by atoms with van der Waals surface area (Å²) in [5.41, 5.74) is 0. The normalized spacial score (nSPS) is 34.6. The number of alkyl halides is 3. The maximum atomic E-state index is 12.8. The summed E-state index contributed by atoms with van der Waals surface area (Å²) in [7, 11) is 0. The van der Waals surface area contributed by atoms with E-state index >= 15 is 0 Å². The van der Waals surface area contributed by atoms with Gasteiger partial charge in [0, 0.05) is 6.04 Å². The topological polar surface area (TPSA) is 12.0 Å². The van der Waals surface area contributed by atoms with Crippen LogP contribution in [0.15, 0.2) is 0 Å². The maximum Gasteiger partial charge on any atom is 0.393 e. The van der Waals surface area contributed by atoms with Gasteiger partial charge in [-0.25, -0.2) is 0 Å². The molecular formula is C11H18F3N. The smallest absolute Gasteiger partial charge is 0.313 e. The Bertz CT molecular complexity index is 208. The largest absolute Gasteiger partial charge is 0.393 e. The predicted molar refractivity (Wildman–Crippen MR) is 52.5 cm³/mol. The van der Waals surface area contributed by atoms with E-state index in [1.807, 2.05) is 0 Å². The summed E-state index contributed by atoms with van der Waals surface area (Å²) < 4.78 is 38.4. The zero-order chi connectivity index (χ0) is 10.9. The van der Waals surface area contributed by atoms with E-state index in [9.17, 15) is 13.2 Å². The fourth-order valence-corrected chi connectivity index (χ4v) is 3.09. The van der Waals surface area contributed by atoms with Gasteiger partial charge in [-0.05, 0) is 38.1 Å². The molecule has 1 nitrogen and oxygen atoms in total. The Morgan fingerprint density at radius 3 is 2.20 bits per heavy atom. The summed E-state index contributed by atoms with van der Waals surface area (Å²) in [6.45, 7) is 0.758. The highest BCUT2D eigenvalue weighted by atomic mass is 19.4. The molecule has 0 aromatic rings. The quantitative estimate of drug-likeness (QED) is 0.717. The van der Waals surface area contributed by atoms with E-state index in [1.54, 1.807) is 0 Å². The number of piperidine rings is 1. The van der Waals surface area contributed by atoms with Crippen molar-refractivity contribution in [1.29, 1.82) is 0 Å². The standard InChI is InChI=1S/C11H18F3N/c12-11(13,14)9-6-3-7-15-10(9)8-4-1-2-5-8/h8-10,15H,1-7H2. The van der Waals surface area contributed by atoms with Gasteiger partial charge in [-0.15, -0.1) is 0 Å². The molecule has 88 valence electrons. The Hall–Kier alpha value is -0.250. The minimum atomic E-state index is -4.01. The van der Waals surface area contributed by atoms with Gasteiger partial charge in [-0.2, -0.15) is 13.2 Å². The summed E-state index contributed by atoms with van der Waals surface area (Å²) in [5, 5.41) is 3.10. The van der Waals surface area contributed by atoms with Crippen molar-refractivity contribution < 1.29 is 13.2 Å². The van der Waals surface area contributed by atoms with Crippen molar-refractivity contribution in [3.63, 3.8) is 0 Å². The van der Waals surface area contributed by atoms with Gasteiger partial charge in [-0.1, -0.05) is 12.8 Å². The summed E-state index contributed by atoms with van der Waals surface area (Å²) in [4.78, 5) is 0. The zero-order valence-electron chi connectivity index (χ0n) is 8.82. The van der Waals surface area contributed by atoms with E-state index in [1.165, 1.54) is 0 Å². The van der Waals surface area contributed by atoms with E-state index < -0.39 is 12.1 Å². The molecule has 1 aliphatic carbocycles. The monoisotopic (exact) mass is 221 g/mol. The highest BCUT2D eigenvalue weighted by molar-refractivity contribution is 4.91. The fourth-order valence-electron chi connectivity index (χ4n) is 3.09. The Labute approximate surface area is 88.4 Å².